The topological polar surface area (TPSA) is 99.9 Å². The quantitative estimate of drug-likeness (QED) is 0.414. The highest BCUT2D eigenvalue weighted by Crippen LogP contribution is 2.24. The Balaban J connectivity index is 1.59. The van der Waals surface area contributed by atoms with Gasteiger partial charge in [0.05, 0.1) is 11.7 Å². The second-order valence-electron chi connectivity index (χ2n) is 7.59. The molecule has 0 aliphatic heterocycles. The van der Waals surface area contributed by atoms with Crippen LogP contribution in [0.3, 0.4) is 0 Å². The SMILES string of the molecule is Cc1nc([C@@H](Cc2c[nH]c3ccccc23)NC(=O)[C@@H](C)Oc2ccc(F)cc2)cc(=O)[nH]1. The lowest BCUT2D eigenvalue weighted by Gasteiger charge is -2.21. The summed E-state index contributed by atoms with van der Waals surface area (Å²) in [7, 11) is 0. The Morgan fingerprint density at radius 2 is 1.94 bits per heavy atom. The maximum absolute atomic E-state index is 13.1. The van der Waals surface area contributed by atoms with Gasteiger partial charge in [0.15, 0.2) is 6.10 Å². The predicted octanol–water partition coefficient (Wildman–Crippen LogP) is 3.57. The van der Waals surface area contributed by atoms with Gasteiger partial charge in [0.1, 0.15) is 17.4 Å². The summed E-state index contributed by atoms with van der Waals surface area (Å²) in [6.45, 7) is 3.30. The summed E-state index contributed by atoms with van der Waals surface area (Å²) in [5, 5.41) is 3.99. The average Bonchev–Trinajstić information content (AvgIpc) is 3.17. The summed E-state index contributed by atoms with van der Waals surface area (Å²) >= 11 is 0. The van der Waals surface area contributed by atoms with E-state index >= 15 is 0 Å². The van der Waals surface area contributed by atoms with E-state index in [4.69, 9.17) is 4.74 Å². The number of rotatable bonds is 7. The van der Waals surface area contributed by atoms with E-state index in [9.17, 15) is 14.0 Å². The molecule has 0 bridgehead atoms. The number of benzene rings is 2. The minimum absolute atomic E-state index is 0.290. The van der Waals surface area contributed by atoms with Crippen molar-refractivity contribution in [2.24, 2.45) is 0 Å². The molecule has 0 fully saturated rings. The normalized spacial score (nSPS) is 13.0. The molecule has 0 radical (unpaired) electrons. The highest BCUT2D eigenvalue weighted by molar-refractivity contribution is 5.84. The van der Waals surface area contributed by atoms with E-state index in [1.807, 2.05) is 30.5 Å². The highest BCUT2D eigenvalue weighted by Gasteiger charge is 2.23. The van der Waals surface area contributed by atoms with E-state index in [2.05, 4.69) is 20.3 Å². The van der Waals surface area contributed by atoms with Gasteiger partial charge in [-0.15, -0.1) is 0 Å². The maximum atomic E-state index is 13.1. The Kier molecular flexibility index (Phi) is 6.02. The molecule has 0 unspecified atom stereocenters. The van der Waals surface area contributed by atoms with Crippen LogP contribution in [-0.2, 0) is 11.2 Å². The van der Waals surface area contributed by atoms with Crippen LogP contribution in [0, 0.1) is 12.7 Å². The molecule has 7 nitrogen and oxygen atoms in total. The molecule has 164 valence electrons. The van der Waals surface area contributed by atoms with Crippen LogP contribution in [-0.4, -0.2) is 27.0 Å². The predicted molar refractivity (Wildman–Crippen MR) is 119 cm³/mol. The van der Waals surface area contributed by atoms with Gasteiger partial charge in [-0.25, -0.2) is 9.37 Å². The van der Waals surface area contributed by atoms with Crippen LogP contribution in [0.15, 0.2) is 65.6 Å². The molecule has 0 aliphatic rings. The number of fused-ring (bicyclic) bond motifs is 1. The van der Waals surface area contributed by atoms with Crippen LogP contribution < -0.4 is 15.6 Å². The Morgan fingerprint density at radius 1 is 1.19 bits per heavy atom. The first-order valence-corrected chi connectivity index (χ1v) is 10.2. The summed E-state index contributed by atoms with van der Waals surface area (Å²) < 4.78 is 18.8. The number of amides is 1. The first kappa shape index (κ1) is 21.3. The van der Waals surface area contributed by atoms with Crippen LogP contribution in [0.1, 0.15) is 30.0 Å². The van der Waals surface area contributed by atoms with Crippen molar-refractivity contribution >= 4 is 16.8 Å². The standard InChI is InChI=1S/C24H23FN4O3/c1-14(32-18-9-7-17(25)8-10-18)24(31)29-21(22-12-23(30)28-15(2)27-22)11-16-13-26-20-6-4-3-5-19(16)20/h3-10,12-14,21,26H,11H2,1-2H3,(H,29,31)(H,27,28,30)/t14-,21-/m1/s1. The molecule has 3 N–H and O–H groups in total. The van der Waals surface area contributed by atoms with Crippen LogP contribution in [0.4, 0.5) is 4.39 Å². The fourth-order valence-corrected chi connectivity index (χ4v) is 3.59. The molecule has 2 aromatic carbocycles. The van der Waals surface area contributed by atoms with Crippen molar-refractivity contribution in [2.45, 2.75) is 32.4 Å². The smallest absolute Gasteiger partial charge is 0.261 e. The van der Waals surface area contributed by atoms with Gasteiger partial charge < -0.3 is 20.0 Å². The Bertz CT molecular complexity index is 1300. The molecule has 8 heteroatoms. The van der Waals surface area contributed by atoms with Crippen LogP contribution in [0.2, 0.25) is 0 Å². The lowest BCUT2D eigenvalue weighted by molar-refractivity contribution is -0.128. The maximum Gasteiger partial charge on any atom is 0.261 e. The first-order valence-electron chi connectivity index (χ1n) is 10.2. The van der Waals surface area contributed by atoms with Gasteiger partial charge in [-0.05, 0) is 49.7 Å². The van der Waals surface area contributed by atoms with Gasteiger partial charge in [-0.1, -0.05) is 18.2 Å². The van der Waals surface area contributed by atoms with Crippen molar-refractivity contribution in [3.8, 4) is 5.75 Å². The molecule has 1 amide bonds. The summed E-state index contributed by atoms with van der Waals surface area (Å²) in [6, 6.07) is 14.1. The Labute approximate surface area is 183 Å². The third kappa shape index (κ3) is 4.85. The molecule has 0 spiro atoms. The van der Waals surface area contributed by atoms with Crippen molar-refractivity contribution in [1.82, 2.24) is 20.3 Å². The zero-order valence-corrected chi connectivity index (χ0v) is 17.7. The van der Waals surface area contributed by atoms with Crippen molar-refractivity contribution in [3.05, 3.63) is 94.0 Å². The molecule has 2 aromatic heterocycles. The van der Waals surface area contributed by atoms with E-state index < -0.39 is 12.1 Å². The molecule has 32 heavy (non-hydrogen) atoms. The van der Waals surface area contributed by atoms with Crippen molar-refractivity contribution in [2.75, 3.05) is 0 Å². The number of carbonyl (C=O) groups excluding carboxylic acids is 1. The number of aryl methyl sites for hydroxylation is 1. The minimum atomic E-state index is -0.839. The lowest BCUT2D eigenvalue weighted by Crippen LogP contribution is -2.40. The zero-order chi connectivity index (χ0) is 22.7. The van der Waals surface area contributed by atoms with Gasteiger partial charge in [-0.2, -0.15) is 0 Å². The monoisotopic (exact) mass is 434 g/mol. The van der Waals surface area contributed by atoms with Crippen molar-refractivity contribution in [1.29, 1.82) is 0 Å². The fourth-order valence-electron chi connectivity index (χ4n) is 3.59. The largest absolute Gasteiger partial charge is 0.481 e. The summed E-state index contributed by atoms with van der Waals surface area (Å²) in [5.74, 6) is 0.0801. The molecule has 0 saturated carbocycles. The molecule has 0 aliphatic carbocycles. The molecule has 4 rings (SSSR count). The number of aromatic amines is 2. The van der Waals surface area contributed by atoms with Crippen LogP contribution in [0.25, 0.3) is 10.9 Å². The Hall–Kier alpha value is -3.94. The molecule has 0 saturated heterocycles. The van der Waals surface area contributed by atoms with E-state index in [1.54, 1.807) is 13.8 Å². The summed E-state index contributed by atoms with van der Waals surface area (Å²) in [5.41, 5.74) is 2.13. The number of nitrogens with zero attached hydrogens (tertiary/aromatic N) is 1. The van der Waals surface area contributed by atoms with E-state index in [0.717, 1.165) is 16.5 Å². The lowest BCUT2D eigenvalue weighted by atomic mass is 10.0. The zero-order valence-electron chi connectivity index (χ0n) is 17.7. The second kappa shape index (κ2) is 9.05. The number of carbonyl (C=O) groups is 1. The fraction of sp³-hybridized carbons (Fsp3) is 0.208. The number of nitrogens with one attached hydrogen (secondary N) is 3. The first-order chi connectivity index (χ1) is 15.4. The van der Waals surface area contributed by atoms with Crippen molar-refractivity contribution < 1.29 is 13.9 Å². The summed E-state index contributed by atoms with van der Waals surface area (Å²) in [6.07, 6.45) is 1.48. The molecular formula is C24H23FN4O3. The van der Waals surface area contributed by atoms with Gasteiger partial charge in [0.25, 0.3) is 11.5 Å². The number of aromatic nitrogens is 3. The van der Waals surface area contributed by atoms with Gasteiger partial charge in [0.2, 0.25) is 0 Å². The van der Waals surface area contributed by atoms with Crippen molar-refractivity contribution in [3.63, 3.8) is 0 Å². The van der Waals surface area contributed by atoms with E-state index in [0.29, 0.717) is 23.7 Å². The highest BCUT2D eigenvalue weighted by atomic mass is 19.1. The number of para-hydroxylation sites is 1. The molecule has 2 heterocycles. The van der Waals surface area contributed by atoms with E-state index in [-0.39, 0.29) is 17.3 Å². The van der Waals surface area contributed by atoms with E-state index in [1.165, 1.54) is 30.3 Å². The molecule has 4 aromatic rings. The van der Waals surface area contributed by atoms with Gasteiger partial charge >= 0.3 is 0 Å². The van der Waals surface area contributed by atoms with Gasteiger partial charge in [-0.3, -0.25) is 9.59 Å². The number of halogens is 1. The van der Waals surface area contributed by atoms with Crippen LogP contribution >= 0.6 is 0 Å². The average molecular weight is 434 g/mol. The van der Waals surface area contributed by atoms with Gasteiger partial charge in [0, 0.05) is 29.6 Å². The summed E-state index contributed by atoms with van der Waals surface area (Å²) in [4.78, 5) is 35.3. The molecular weight excluding hydrogens is 411 g/mol. The third-order valence-electron chi connectivity index (χ3n) is 5.15. The number of H-pyrrole nitrogens is 2. The van der Waals surface area contributed by atoms with Crippen LogP contribution in [0.5, 0.6) is 5.75 Å². The third-order valence-corrected chi connectivity index (χ3v) is 5.15. The second-order valence-corrected chi connectivity index (χ2v) is 7.59. The Morgan fingerprint density at radius 3 is 2.69 bits per heavy atom. The number of ether oxygens (including phenoxy) is 1. The molecule has 2 atom stereocenters. The minimum Gasteiger partial charge on any atom is -0.481 e. The number of hydrogen-bond acceptors (Lipinski definition) is 4. The number of hydrogen-bond donors (Lipinski definition) is 3.